The molecule has 1 unspecified atom stereocenters. The van der Waals surface area contributed by atoms with Crippen molar-refractivity contribution in [1.82, 2.24) is 25.2 Å². The molecule has 1 atom stereocenters. The van der Waals surface area contributed by atoms with Crippen molar-refractivity contribution in [3.8, 4) is 0 Å². The van der Waals surface area contributed by atoms with E-state index in [1.807, 2.05) is 0 Å². The molecule has 2 heterocycles. The lowest BCUT2D eigenvalue weighted by atomic mass is 10.1. The normalized spacial score (nSPS) is 16.4. The Morgan fingerprint density at radius 1 is 1.48 bits per heavy atom. The second kappa shape index (κ2) is 6.55. The van der Waals surface area contributed by atoms with Crippen molar-refractivity contribution in [2.24, 2.45) is 0 Å². The van der Waals surface area contributed by atoms with Gasteiger partial charge < -0.3 is 15.3 Å². The second-order valence-corrected chi connectivity index (χ2v) is 5.29. The summed E-state index contributed by atoms with van der Waals surface area (Å²) in [5.41, 5.74) is -0.0769. The quantitative estimate of drug-likeness (QED) is 0.819. The van der Waals surface area contributed by atoms with Crippen LogP contribution in [0.3, 0.4) is 0 Å². The van der Waals surface area contributed by atoms with Crippen LogP contribution in [-0.2, 0) is 0 Å². The van der Waals surface area contributed by atoms with Crippen molar-refractivity contribution in [3.63, 3.8) is 0 Å². The van der Waals surface area contributed by atoms with Crippen LogP contribution >= 0.6 is 0 Å². The first-order valence-electron chi connectivity index (χ1n) is 7.25. The molecule has 2 rings (SSSR count). The van der Waals surface area contributed by atoms with Crippen molar-refractivity contribution in [2.75, 3.05) is 13.1 Å². The molecule has 1 fully saturated rings. The van der Waals surface area contributed by atoms with Gasteiger partial charge in [-0.2, -0.15) is 0 Å². The van der Waals surface area contributed by atoms with Crippen LogP contribution in [0, 0.1) is 0 Å². The van der Waals surface area contributed by atoms with Crippen LogP contribution in [0.2, 0.25) is 0 Å². The number of amides is 2. The number of aromatic nitrogens is 3. The minimum atomic E-state index is -1.10. The minimum absolute atomic E-state index is 0.00241. The molecule has 8 heteroatoms. The Kier molecular flexibility index (Phi) is 4.77. The molecule has 2 N–H and O–H groups in total. The first-order valence-corrected chi connectivity index (χ1v) is 7.25. The molecule has 0 spiro atoms. The number of hydrogen-bond donors (Lipinski definition) is 2. The number of likely N-dealkylation sites (tertiary alicyclic amines) is 1. The van der Waals surface area contributed by atoms with Gasteiger partial charge in [0.1, 0.15) is 0 Å². The molecule has 0 aromatic carbocycles. The van der Waals surface area contributed by atoms with Gasteiger partial charge in [-0.15, -0.1) is 5.10 Å². The number of nitrogens with one attached hydrogen (secondary N) is 1. The number of carbonyl (C=O) groups is 2. The third-order valence-corrected chi connectivity index (χ3v) is 3.71. The first-order chi connectivity index (χ1) is 10.0. The van der Waals surface area contributed by atoms with Gasteiger partial charge >= 0.3 is 12.0 Å². The lowest BCUT2D eigenvalue weighted by molar-refractivity contribution is 0.0690. The van der Waals surface area contributed by atoms with Gasteiger partial charge in [0.2, 0.25) is 0 Å². The van der Waals surface area contributed by atoms with Crippen molar-refractivity contribution < 1.29 is 14.7 Å². The van der Waals surface area contributed by atoms with Gasteiger partial charge in [-0.25, -0.2) is 14.3 Å². The van der Waals surface area contributed by atoms with Gasteiger partial charge in [-0.1, -0.05) is 25.5 Å². The average molecular weight is 295 g/mol. The molecular formula is C13H21N5O3. The Labute approximate surface area is 123 Å². The molecular weight excluding hydrogens is 274 g/mol. The van der Waals surface area contributed by atoms with Gasteiger partial charge in [0.05, 0.1) is 12.2 Å². The van der Waals surface area contributed by atoms with E-state index in [4.69, 9.17) is 5.11 Å². The molecule has 8 nitrogen and oxygen atoms in total. The number of hydrogen-bond acceptors (Lipinski definition) is 4. The monoisotopic (exact) mass is 295 g/mol. The summed E-state index contributed by atoms with van der Waals surface area (Å²) in [5.74, 6) is -1.10. The third kappa shape index (κ3) is 3.50. The molecule has 116 valence electrons. The number of carboxylic acids is 1. The smallest absolute Gasteiger partial charge is 0.358 e. The molecule has 0 aliphatic carbocycles. The maximum Gasteiger partial charge on any atom is 0.358 e. The summed E-state index contributed by atoms with van der Waals surface area (Å²) >= 11 is 0. The Bertz CT molecular complexity index is 510. The Balaban J connectivity index is 1.82. The van der Waals surface area contributed by atoms with Crippen LogP contribution < -0.4 is 5.32 Å². The number of carboxylic acid groups (broad SMARTS) is 1. The van der Waals surface area contributed by atoms with Crippen LogP contribution in [0.25, 0.3) is 0 Å². The van der Waals surface area contributed by atoms with Gasteiger partial charge in [0, 0.05) is 19.1 Å². The number of rotatable bonds is 6. The van der Waals surface area contributed by atoms with E-state index in [2.05, 4.69) is 29.5 Å². The van der Waals surface area contributed by atoms with Gasteiger partial charge in [-0.05, 0) is 12.8 Å². The molecule has 0 bridgehead atoms. The number of urea groups is 1. The lowest BCUT2D eigenvalue weighted by Gasteiger charge is -2.39. The van der Waals surface area contributed by atoms with Gasteiger partial charge in [0.15, 0.2) is 5.69 Å². The molecule has 2 amide bonds. The summed E-state index contributed by atoms with van der Waals surface area (Å²) in [4.78, 5) is 24.5. The fourth-order valence-corrected chi connectivity index (χ4v) is 2.33. The summed E-state index contributed by atoms with van der Waals surface area (Å²) < 4.78 is 1.51. The van der Waals surface area contributed by atoms with Crippen molar-refractivity contribution in [3.05, 3.63) is 11.9 Å². The molecule has 0 radical (unpaired) electrons. The lowest BCUT2D eigenvalue weighted by Crippen LogP contribution is -2.56. The number of carbonyl (C=O) groups excluding carboxylic acids is 1. The van der Waals surface area contributed by atoms with Crippen LogP contribution in [0.4, 0.5) is 4.79 Å². The van der Waals surface area contributed by atoms with Gasteiger partial charge in [0.25, 0.3) is 0 Å². The number of aromatic carboxylic acids is 1. The van der Waals surface area contributed by atoms with Crippen LogP contribution in [0.15, 0.2) is 6.20 Å². The predicted molar refractivity (Wildman–Crippen MR) is 75.1 cm³/mol. The van der Waals surface area contributed by atoms with E-state index in [9.17, 15) is 9.59 Å². The molecule has 21 heavy (non-hydrogen) atoms. The van der Waals surface area contributed by atoms with E-state index < -0.39 is 5.97 Å². The molecule has 1 aromatic heterocycles. The van der Waals surface area contributed by atoms with Crippen LogP contribution in [-0.4, -0.2) is 56.1 Å². The highest BCUT2D eigenvalue weighted by atomic mass is 16.4. The highest BCUT2D eigenvalue weighted by Crippen LogP contribution is 2.20. The van der Waals surface area contributed by atoms with Crippen molar-refractivity contribution in [1.29, 1.82) is 0 Å². The number of nitrogens with zero attached hydrogens (tertiary/aromatic N) is 4. The zero-order chi connectivity index (χ0) is 15.4. The summed E-state index contributed by atoms with van der Waals surface area (Å²) in [6.07, 6.45) is 4.33. The highest BCUT2D eigenvalue weighted by Gasteiger charge is 2.33. The Hall–Kier alpha value is -2.12. The van der Waals surface area contributed by atoms with Crippen molar-refractivity contribution >= 4 is 12.0 Å². The Morgan fingerprint density at radius 3 is 2.71 bits per heavy atom. The van der Waals surface area contributed by atoms with E-state index in [0.717, 1.165) is 19.3 Å². The largest absolute Gasteiger partial charge is 0.476 e. The zero-order valence-electron chi connectivity index (χ0n) is 12.3. The average Bonchev–Trinajstić information content (AvgIpc) is 2.86. The molecule has 0 saturated carbocycles. The van der Waals surface area contributed by atoms with Crippen LogP contribution in [0.5, 0.6) is 0 Å². The second-order valence-electron chi connectivity index (χ2n) is 5.29. The van der Waals surface area contributed by atoms with Crippen molar-refractivity contribution in [2.45, 2.75) is 45.2 Å². The fourth-order valence-electron chi connectivity index (χ4n) is 2.33. The zero-order valence-corrected chi connectivity index (χ0v) is 12.3. The fraction of sp³-hybridized carbons (Fsp3) is 0.692. The maximum atomic E-state index is 12.0. The molecule has 1 saturated heterocycles. The van der Waals surface area contributed by atoms with E-state index in [-0.39, 0.29) is 23.8 Å². The topological polar surface area (TPSA) is 100 Å². The highest BCUT2D eigenvalue weighted by molar-refractivity contribution is 5.84. The SMILES string of the molecule is CCCC(CC)NC(=O)N1CC(n2cc(C(=O)O)nn2)C1. The standard InChI is InChI=1S/C13H21N5O3/c1-3-5-9(4-2)14-13(21)17-6-10(7-17)18-8-11(12(19)20)15-16-18/h8-10H,3-7H2,1-2H3,(H,14,21)(H,19,20). The van der Waals surface area contributed by atoms with Crippen LogP contribution in [0.1, 0.15) is 49.6 Å². The van der Waals surface area contributed by atoms with Gasteiger partial charge in [-0.3, -0.25) is 0 Å². The van der Waals surface area contributed by atoms with E-state index in [0.29, 0.717) is 13.1 Å². The summed E-state index contributed by atoms with van der Waals surface area (Å²) in [6, 6.07) is 0.152. The molecule has 1 aliphatic rings. The third-order valence-electron chi connectivity index (χ3n) is 3.71. The first kappa shape index (κ1) is 15.3. The minimum Gasteiger partial charge on any atom is -0.476 e. The summed E-state index contributed by atoms with van der Waals surface area (Å²) in [5, 5.41) is 19.2. The van der Waals surface area contributed by atoms with E-state index in [1.165, 1.54) is 10.9 Å². The molecule has 1 aliphatic heterocycles. The maximum absolute atomic E-state index is 12.0. The molecule has 1 aromatic rings. The van der Waals surface area contributed by atoms with E-state index >= 15 is 0 Å². The Morgan fingerprint density at radius 2 is 2.19 bits per heavy atom. The van der Waals surface area contributed by atoms with E-state index in [1.54, 1.807) is 4.90 Å². The summed E-state index contributed by atoms with van der Waals surface area (Å²) in [6.45, 7) is 5.20. The predicted octanol–water partition coefficient (Wildman–Crippen LogP) is 1.12. The summed E-state index contributed by atoms with van der Waals surface area (Å²) in [7, 11) is 0.